The minimum Gasteiger partial charge on any atom is -0.469 e. The third-order valence-corrected chi connectivity index (χ3v) is 5.50. The summed E-state index contributed by atoms with van der Waals surface area (Å²) < 4.78 is 32.2. The molecule has 0 aromatic heterocycles. The van der Waals surface area contributed by atoms with Crippen LogP contribution in [0.15, 0.2) is 0 Å². The summed E-state index contributed by atoms with van der Waals surface area (Å²) >= 11 is 0. The number of esters is 1. The molecule has 0 amide bonds. The van der Waals surface area contributed by atoms with Crippen LogP contribution in [0.4, 0.5) is 0 Å². The second kappa shape index (κ2) is 7.92. The maximum atomic E-state index is 12.4. The van der Waals surface area contributed by atoms with Gasteiger partial charge in [-0.2, -0.15) is 17.0 Å². The second-order valence-corrected chi connectivity index (χ2v) is 6.76. The summed E-state index contributed by atoms with van der Waals surface area (Å²) in [6.45, 7) is 2.82. The number of rotatable bonds is 7. The lowest BCUT2D eigenvalue weighted by Crippen LogP contribution is -2.48. The van der Waals surface area contributed by atoms with E-state index in [1.165, 1.54) is 15.7 Å². The minimum absolute atomic E-state index is 0.104. The summed E-state index contributed by atoms with van der Waals surface area (Å²) in [5.74, 6) is -0.494. The van der Waals surface area contributed by atoms with Gasteiger partial charge in [0.2, 0.25) is 0 Å². The van der Waals surface area contributed by atoms with E-state index in [4.69, 9.17) is 5.11 Å². The summed E-state index contributed by atoms with van der Waals surface area (Å²) in [7, 11) is -2.21. The zero-order chi connectivity index (χ0) is 15.2. The molecule has 0 aromatic rings. The van der Waals surface area contributed by atoms with Crippen molar-refractivity contribution in [3.63, 3.8) is 0 Å². The number of hydrogen-bond acceptors (Lipinski definition) is 5. The van der Waals surface area contributed by atoms with Crippen LogP contribution in [0.25, 0.3) is 0 Å². The van der Waals surface area contributed by atoms with E-state index in [0.717, 1.165) is 0 Å². The van der Waals surface area contributed by atoms with Crippen molar-refractivity contribution in [3.05, 3.63) is 0 Å². The van der Waals surface area contributed by atoms with Gasteiger partial charge in [0.1, 0.15) is 0 Å². The Bertz CT molecular complexity index is 398. The summed E-state index contributed by atoms with van der Waals surface area (Å²) in [5.41, 5.74) is 0. The Morgan fingerprint density at radius 3 is 2.40 bits per heavy atom. The van der Waals surface area contributed by atoms with Crippen molar-refractivity contribution in [3.8, 4) is 0 Å². The van der Waals surface area contributed by atoms with Gasteiger partial charge < -0.3 is 9.84 Å². The van der Waals surface area contributed by atoms with Gasteiger partial charge in [-0.3, -0.25) is 4.79 Å². The fourth-order valence-corrected chi connectivity index (χ4v) is 4.08. The highest BCUT2D eigenvalue weighted by Crippen LogP contribution is 2.22. The second-order valence-electron chi connectivity index (χ2n) is 4.83. The number of aliphatic hydroxyl groups is 1. The van der Waals surface area contributed by atoms with Crippen molar-refractivity contribution in [2.24, 2.45) is 5.92 Å². The normalized spacial score (nSPS) is 18.4. The molecule has 0 saturated carbocycles. The Balaban J connectivity index is 2.68. The lowest BCUT2D eigenvalue weighted by Gasteiger charge is -2.33. The van der Waals surface area contributed by atoms with E-state index in [0.29, 0.717) is 38.9 Å². The molecule has 0 atom stereocenters. The third-order valence-electron chi connectivity index (χ3n) is 3.46. The molecule has 1 aliphatic rings. The monoisotopic (exact) mass is 308 g/mol. The molecule has 0 radical (unpaired) electrons. The highest BCUT2D eigenvalue weighted by Gasteiger charge is 2.34. The molecule has 1 heterocycles. The first-order chi connectivity index (χ1) is 9.47. The molecule has 8 heteroatoms. The molecular formula is C12H24N2O5S. The predicted molar refractivity (Wildman–Crippen MR) is 74.2 cm³/mol. The first-order valence-electron chi connectivity index (χ1n) is 6.91. The van der Waals surface area contributed by atoms with Gasteiger partial charge in [0.05, 0.1) is 19.6 Å². The lowest BCUT2D eigenvalue weighted by molar-refractivity contribution is -0.146. The van der Waals surface area contributed by atoms with E-state index in [1.54, 1.807) is 0 Å². The van der Waals surface area contributed by atoms with Crippen molar-refractivity contribution < 1.29 is 23.1 Å². The van der Waals surface area contributed by atoms with Gasteiger partial charge in [-0.1, -0.05) is 6.92 Å². The van der Waals surface area contributed by atoms with Crippen molar-refractivity contribution in [1.82, 2.24) is 8.61 Å². The molecule has 0 aromatic carbocycles. The molecule has 1 aliphatic heterocycles. The molecule has 1 N–H and O–H groups in total. The average Bonchev–Trinajstić information content (AvgIpc) is 2.46. The molecule has 118 valence electrons. The van der Waals surface area contributed by atoms with Gasteiger partial charge >= 0.3 is 5.97 Å². The first kappa shape index (κ1) is 17.4. The maximum absolute atomic E-state index is 12.4. The zero-order valence-electron chi connectivity index (χ0n) is 12.1. The number of piperidine rings is 1. The number of nitrogens with zero attached hydrogens (tertiary/aromatic N) is 2. The third kappa shape index (κ3) is 4.15. The van der Waals surface area contributed by atoms with Crippen LogP contribution >= 0.6 is 0 Å². The fourth-order valence-electron chi connectivity index (χ4n) is 2.36. The molecule has 0 bridgehead atoms. The Kier molecular flexibility index (Phi) is 6.87. The van der Waals surface area contributed by atoms with Gasteiger partial charge in [-0.05, 0) is 19.3 Å². The van der Waals surface area contributed by atoms with Crippen LogP contribution in [0, 0.1) is 5.92 Å². The highest BCUT2D eigenvalue weighted by atomic mass is 32.2. The molecule has 1 rings (SSSR count). The maximum Gasteiger partial charge on any atom is 0.308 e. The van der Waals surface area contributed by atoms with Crippen molar-refractivity contribution in [2.45, 2.75) is 26.2 Å². The van der Waals surface area contributed by atoms with E-state index < -0.39 is 10.2 Å². The molecule has 0 aliphatic carbocycles. The van der Waals surface area contributed by atoms with Crippen LogP contribution in [0.3, 0.4) is 0 Å². The van der Waals surface area contributed by atoms with Gasteiger partial charge in [0.15, 0.2) is 0 Å². The smallest absolute Gasteiger partial charge is 0.308 e. The summed E-state index contributed by atoms with van der Waals surface area (Å²) in [6, 6.07) is 0. The van der Waals surface area contributed by atoms with Crippen LogP contribution in [-0.4, -0.2) is 68.0 Å². The Hall–Kier alpha value is -0.700. The number of carbonyl (C=O) groups is 1. The number of methoxy groups -OCH3 is 1. The molecule has 1 fully saturated rings. The van der Waals surface area contributed by atoms with Crippen molar-refractivity contribution in [2.75, 3.05) is 39.9 Å². The molecule has 0 spiro atoms. The van der Waals surface area contributed by atoms with Crippen LogP contribution in [0.1, 0.15) is 26.2 Å². The quantitative estimate of drug-likeness (QED) is 0.659. The Morgan fingerprint density at radius 2 is 1.95 bits per heavy atom. The number of carbonyl (C=O) groups excluding carboxylic acids is 1. The predicted octanol–water partition coefficient (Wildman–Crippen LogP) is -0.179. The molecule has 20 heavy (non-hydrogen) atoms. The van der Waals surface area contributed by atoms with Crippen LogP contribution in [0.2, 0.25) is 0 Å². The minimum atomic E-state index is -3.55. The molecule has 1 saturated heterocycles. The molecule has 0 unspecified atom stereocenters. The van der Waals surface area contributed by atoms with Gasteiger partial charge in [-0.15, -0.1) is 0 Å². The Morgan fingerprint density at radius 1 is 1.35 bits per heavy atom. The van der Waals surface area contributed by atoms with E-state index in [9.17, 15) is 13.2 Å². The molecule has 7 nitrogen and oxygen atoms in total. The van der Waals surface area contributed by atoms with Crippen LogP contribution < -0.4 is 0 Å². The van der Waals surface area contributed by atoms with Gasteiger partial charge in [0.25, 0.3) is 10.2 Å². The highest BCUT2D eigenvalue weighted by molar-refractivity contribution is 7.86. The SMILES string of the molecule is CCCN(CCO)S(=O)(=O)N1CCC(C(=O)OC)CC1. The van der Waals surface area contributed by atoms with Gasteiger partial charge in [0, 0.05) is 26.2 Å². The summed E-state index contributed by atoms with van der Waals surface area (Å²) in [4.78, 5) is 11.4. The Labute approximate surface area is 120 Å². The summed E-state index contributed by atoms with van der Waals surface area (Å²) in [6.07, 6.45) is 1.65. The van der Waals surface area contributed by atoms with Crippen molar-refractivity contribution in [1.29, 1.82) is 0 Å². The number of hydrogen-bond donors (Lipinski definition) is 1. The van der Waals surface area contributed by atoms with E-state index in [2.05, 4.69) is 4.74 Å². The van der Waals surface area contributed by atoms with E-state index >= 15 is 0 Å². The standard InChI is InChI=1S/C12H24N2O5S/c1-3-6-13(9-10-15)20(17,18)14-7-4-11(5-8-14)12(16)19-2/h11,15H,3-10H2,1-2H3. The first-order valence-corrected chi connectivity index (χ1v) is 8.31. The zero-order valence-corrected chi connectivity index (χ0v) is 12.9. The molecular weight excluding hydrogens is 284 g/mol. The van der Waals surface area contributed by atoms with Crippen LogP contribution in [0.5, 0.6) is 0 Å². The number of aliphatic hydroxyl groups excluding tert-OH is 1. The van der Waals surface area contributed by atoms with E-state index in [-0.39, 0.29) is 25.0 Å². The lowest BCUT2D eigenvalue weighted by atomic mass is 9.99. The van der Waals surface area contributed by atoms with Crippen molar-refractivity contribution >= 4 is 16.2 Å². The topological polar surface area (TPSA) is 87.2 Å². The van der Waals surface area contributed by atoms with Gasteiger partial charge in [-0.25, -0.2) is 0 Å². The largest absolute Gasteiger partial charge is 0.469 e. The fraction of sp³-hybridized carbons (Fsp3) is 0.917. The average molecular weight is 308 g/mol. The van der Waals surface area contributed by atoms with Crippen LogP contribution in [-0.2, 0) is 19.7 Å². The summed E-state index contributed by atoms with van der Waals surface area (Å²) in [5, 5.41) is 8.99. The van der Waals surface area contributed by atoms with E-state index in [1.807, 2.05) is 6.92 Å². The number of ether oxygens (including phenoxy) is 1.